The second-order valence-electron chi connectivity index (χ2n) is 4.57. The molecule has 2 heterocycles. The maximum absolute atomic E-state index is 12.1. The normalized spacial score (nSPS) is 10.8. The van der Waals surface area contributed by atoms with Gasteiger partial charge in [0.05, 0.1) is 12.3 Å². The summed E-state index contributed by atoms with van der Waals surface area (Å²) in [5.41, 5.74) is 1.65. The first-order valence-electron chi connectivity index (χ1n) is 6.64. The number of benzene rings is 1. The van der Waals surface area contributed by atoms with Crippen LogP contribution in [0.4, 0.5) is 0 Å². The van der Waals surface area contributed by atoms with Crippen molar-refractivity contribution in [3.63, 3.8) is 0 Å². The number of carbonyl (C=O) groups excluding carboxylic acids is 1. The molecule has 0 atom stereocenters. The van der Waals surface area contributed by atoms with Crippen LogP contribution in [0.1, 0.15) is 17.4 Å². The first-order valence-corrected chi connectivity index (χ1v) is 7.43. The zero-order chi connectivity index (χ0) is 15.7. The highest BCUT2D eigenvalue weighted by molar-refractivity contribution is 9.10. The number of halogens is 1. The summed E-state index contributed by atoms with van der Waals surface area (Å²) in [5.74, 6) is -0.603. The third-order valence-corrected chi connectivity index (χ3v) is 3.62. The van der Waals surface area contributed by atoms with Gasteiger partial charge < -0.3 is 4.74 Å². The molecule has 0 aliphatic heterocycles. The maximum Gasteiger partial charge on any atom is 0.357 e. The van der Waals surface area contributed by atoms with E-state index in [1.807, 2.05) is 24.3 Å². The molecule has 0 aliphatic carbocycles. The van der Waals surface area contributed by atoms with Gasteiger partial charge in [-0.2, -0.15) is 0 Å². The van der Waals surface area contributed by atoms with Crippen LogP contribution in [0.5, 0.6) is 0 Å². The average Bonchev–Trinajstić information content (AvgIpc) is 2.93. The van der Waals surface area contributed by atoms with Gasteiger partial charge in [0.25, 0.3) is 5.56 Å². The molecule has 1 aromatic carbocycles. The molecule has 0 spiro atoms. The lowest BCUT2D eigenvalue weighted by molar-refractivity contribution is 0.0519. The van der Waals surface area contributed by atoms with Gasteiger partial charge in [-0.25, -0.2) is 14.3 Å². The van der Waals surface area contributed by atoms with Crippen LogP contribution in [0.2, 0.25) is 0 Å². The van der Waals surface area contributed by atoms with Crippen molar-refractivity contribution < 1.29 is 9.53 Å². The SMILES string of the molecule is CCOC(=O)c1cc(=O)n2[nH]c(-c3ccc(Br)cc3)cc2n1. The fourth-order valence-electron chi connectivity index (χ4n) is 2.08. The molecule has 6 nitrogen and oxygen atoms in total. The van der Waals surface area contributed by atoms with Crippen molar-refractivity contribution in [1.29, 1.82) is 0 Å². The average molecular weight is 362 g/mol. The number of nitrogens with one attached hydrogen (secondary N) is 1. The second kappa shape index (κ2) is 5.76. The summed E-state index contributed by atoms with van der Waals surface area (Å²) in [6, 6.07) is 10.5. The molecule has 0 radical (unpaired) electrons. The molecular formula is C15H12BrN3O3. The van der Waals surface area contributed by atoms with Crippen LogP contribution in [-0.4, -0.2) is 27.2 Å². The van der Waals surface area contributed by atoms with Crippen LogP contribution < -0.4 is 5.56 Å². The Morgan fingerprint density at radius 1 is 1.32 bits per heavy atom. The quantitative estimate of drug-likeness (QED) is 0.727. The summed E-state index contributed by atoms with van der Waals surface area (Å²) in [5, 5.41) is 2.97. The number of nitrogens with zero attached hydrogens (tertiary/aromatic N) is 2. The van der Waals surface area contributed by atoms with E-state index in [2.05, 4.69) is 26.0 Å². The fraction of sp³-hybridized carbons (Fsp3) is 0.133. The molecule has 0 fully saturated rings. The standard InChI is InChI=1S/C15H12BrN3O3/c1-2-22-15(21)12-8-14(20)19-13(17-12)7-11(18-19)9-3-5-10(16)6-4-9/h3-8,18H,2H2,1H3. The predicted octanol–water partition coefficient (Wildman–Crippen LogP) is 2.63. The van der Waals surface area contributed by atoms with Gasteiger partial charge >= 0.3 is 5.97 Å². The van der Waals surface area contributed by atoms with Crippen molar-refractivity contribution in [1.82, 2.24) is 14.6 Å². The molecule has 0 saturated heterocycles. The number of carbonyl (C=O) groups is 1. The van der Waals surface area contributed by atoms with Gasteiger partial charge in [-0.3, -0.25) is 9.89 Å². The van der Waals surface area contributed by atoms with E-state index >= 15 is 0 Å². The molecule has 3 aromatic rings. The third-order valence-electron chi connectivity index (χ3n) is 3.09. The van der Waals surface area contributed by atoms with Crippen molar-refractivity contribution in [2.24, 2.45) is 0 Å². The molecular weight excluding hydrogens is 350 g/mol. The van der Waals surface area contributed by atoms with Crippen molar-refractivity contribution in [3.8, 4) is 11.3 Å². The lowest BCUT2D eigenvalue weighted by Gasteiger charge is -2.00. The van der Waals surface area contributed by atoms with E-state index in [4.69, 9.17) is 4.74 Å². The summed E-state index contributed by atoms with van der Waals surface area (Å²) in [4.78, 5) is 28.0. The summed E-state index contributed by atoms with van der Waals surface area (Å²) in [7, 11) is 0. The topological polar surface area (TPSA) is 76.5 Å². The van der Waals surface area contributed by atoms with E-state index < -0.39 is 5.97 Å². The van der Waals surface area contributed by atoms with Crippen LogP contribution in [0.3, 0.4) is 0 Å². The number of esters is 1. The summed E-state index contributed by atoms with van der Waals surface area (Å²) in [6.07, 6.45) is 0. The Hall–Kier alpha value is -2.41. The van der Waals surface area contributed by atoms with E-state index in [1.165, 1.54) is 4.52 Å². The minimum Gasteiger partial charge on any atom is -0.461 e. The number of hydrogen-bond acceptors (Lipinski definition) is 4. The summed E-state index contributed by atoms with van der Waals surface area (Å²) in [6.45, 7) is 1.93. The smallest absolute Gasteiger partial charge is 0.357 e. The van der Waals surface area contributed by atoms with Gasteiger partial charge in [-0.15, -0.1) is 0 Å². The highest BCUT2D eigenvalue weighted by Gasteiger charge is 2.13. The Morgan fingerprint density at radius 3 is 2.73 bits per heavy atom. The Bertz CT molecular complexity index is 897. The molecule has 7 heteroatoms. The van der Waals surface area contributed by atoms with Crippen LogP contribution in [0.25, 0.3) is 16.9 Å². The molecule has 0 unspecified atom stereocenters. The van der Waals surface area contributed by atoms with Crippen LogP contribution in [0.15, 0.2) is 45.7 Å². The molecule has 112 valence electrons. The van der Waals surface area contributed by atoms with Gasteiger partial charge in [0.1, 0.15) is 0 Å². The molecule has 2 aromatic heterocycles. The van der Waals surface area contributed by atoms with Gasteiger partial charge in [0.2, 0.25) is 0 Å². The maximum atomic E-state index is 12.1. The minimum absolute atomic E-state index is 0.00760. The van der Waals surface area contributed by atoms with Crippen molar-refractivity contribution in [3.05, 3.63) is 56.9 Å². The molecule has 0 bridgehead atoms. The monoisotopic (exact) mass is 361 g/mol. The van der Waals surface area contributed by atoms with Crippen molar-refractivity contribution in [2.75, 3.05) is 6.61 Å². The molecule has 1 N–H and O–H groups in total. The molecule has 3 rings (SSSR count). The Labute approximate surface area is 133 Å². The number of H-pyrrole nitrogens is 1. The van der Waals surface area contributed by atoms with E-state index in [0.29, 0.717) is 5.65 Å². The fourth-order valence-corrected chi connectivity index (χ4v) is 2.34. The summed E-state index contributed by atoms with van der Waals surface area (Å²) < 4.78 is 7.13. The molecule has 0 saturated carbocycles. The predicted molar refractivity (Wildman–Crippen MR) is 84.9 cm³/mol. The number of ether oxygens (including phenoxy) is 1. The number of fused-ring (bicyclic) bond motifs is 1. The first kappa shape index (κ1) is 14.5. The van der Waals surface area contributed by atoms with Crippen molar-refractivity contribution in [2.45, 2.75) is 6.92 Å². The number of aromatic nitrogens is 3. The van der Waals surface area contributed by atoms with Crippen LogP contribution in [0, 0.1) is 0 Å². The molecule has 0 amide bonds. The zero-order valence-corrected chi connectivity index (χ0v) is 13.3. The van der Waals surface area contributed by atoms with Gasteiger partial charge in [-0.05, 0) is 24.6 Å². The Morgan fingerprint density at radius 2 is 2.05 bits per heavy atom. The van der Waals surface area contributed by atoms with E-state index in [-0.39, 0.29) is 17.9 Å². The second-order valence-corrected chi connectivity index (χ2v) is 5.49. The van der Waals surface area contributed by atoms with Gasteiger partial charge in [0.15, 0.2) is 11.3 Å². The lowest BCUT2D eigenvalue weighted by atomic mass is 10.2. The molecule has 22 heavy (non-hydrogen) atoms. The number of aromatic amines is 1. The third kappa shape index (κ3) is 2.67. The number of hydrogen-bond donors (Lipinski definition) is 1. The van der Waals surface area contributed by atoms with Gasteiger partial charge in [-0.1, -0.05) is 28.1 Å². The zero-order valence-electron chi connectivity index (χ0n) is 11.7. The number of rotatable bonds is 3. The first-order chi connectivity index (χ1) is 10.6. The summed E-state index contributed by atoms with van der Waals surface area (Å²) >= 11 is 3.38. The Balaban J connectivity index is 2.09. The van der Waals surface area contributed by atoms with Crippen molar-refractivity contribution >= 4 is 27.5 Å². The van der Waals surface area contributed by atoms with E-state index in [9.17, 15) is 9.59 Å². The minimum atomic E-state index is -0.603. The lowest BCUT2D eigenvalue weighted by Crippen LogP contribution is -2.18. The molecule has 0 aliphatic rings. The van der Waals surface area contributed by atoms with Gasteiger partial charge in [0, 0.05) is 16.6 Å². The highest BCUT2D eigenvalue weighted by Crippen LogP contribution is 2.21. The highest BCUT2D eigenvalue weighted by atomic mass is 79.9. The van der Waals surface area contributed by atoms with Crippen LogP contribution in [-0.2, 0) is 4.74 Å². The Kier molecular flexibility index (Phi) is 3.81. The largest absolute Gasteiger partial charge is 0.461 e. The van der Waals surface area contributed by atoms with E-state index in [1.54, 1.807) is 13.0 Å². The van der Waals surface area contributed by atoms with Crippen LogP contribution >= 0.6 is 15.9 Å². The van der Waals surface area contributed by atoms with E-state index in [0.717, 1.165) is 21.8 Å².